The summed E-state index contributed by atoms with van der Waals surface area (Å²) >= 11 is 0. The van der Waals surface area contributed by atoms with Gasteiger partial charge in [0.25, 0.3) is 0 Å². The van der Waals surface area contributed by atoms with E-state index in [1.807, 2.05) is 0 Å². The van der Waals surface area contributed by atoms with Crippen LogP contribution in [-0.2, 0) is 6.54 Å². The molecule has 0 unspecified atom stereocenters. The van der Waals surface area contributed by atoms with Crippen molar-refractivity contribution in [3.63, 3.8) is 0 Å². The summed E-state index contributed by atoms with van der Waals surface area (Å²) in [6.45, 7) is 3.57. The molecule has 1 rings (SSSR count). The number of rotatable bonds is 8. The van der Waals surface area contributed by atoms with E-state index in [2.05, 4.69) is 22.2 Å². The van der Waals surface area contributed by atoms with E-state index in [4.69, 9.17) is 4.74 Å². The Kier molecular flexibility index (Phi) is 6.55. The van der Waals surface area contributed by atoms with Crippen LogP contribution in [0.2, 0.25) is 0 Å². The third-order valence-electron chi connectivity index (χ3n) is 2.27. The van der Waals surface area contributed by atoms with Crippen LogP contribution in [0.3, 0.4) is 0 Å². The van der Waals surface area contributed by atoms with E-state index in [0.29, 0.717) is 6.54 Å². The van der Waals surface area contributed by atoms with Crippen LogP contribution < -0.4 is 10.1 Å². The van der Waals surface area contributed by atoms with Gasteiger partial charge in [-0.2, -0.15) is 13.2 Å². The molecule has 0 aromatic carbocycles. The molecule has 0 spiro atoms. The predicted octanol–water partition coefficient (Wildman–Crippen LogP) is 2.70. The van der Waals surface area contributed by atoms with E-state index in [1.54, 1.807) is 6.20 Å². The molecule has 1 aromatic rings. The Hall–Kier alpha value is -1.37. The molecule has 1 heterocycles. The van der Waals surface area contributed by atoms with E-state index in [-0.39, 0.29) is 18.9 Å². The van der Waals surface area contributed by atoms with Gasteiger partial charge in [0.15, 0.2) is 0 Å². The Balaban J connectivity index is 2.24. The lowest BCUT2D eigenvalue weighted by Crippen LogP contribution is -2.15. The minimum absolute atomic E-state index is 0.0123. The lowest BCUT2D eigenvalue weighted by atomic mass is 10.3. The van der Waals surface area contributed by atoms with Crippen LogP contribution in [0.5, 0.6) is 5.88 Å². The highest BCUT2D eigenvalue weighted by Crippen LogP contribution is 2.21. The van der Waals surface area contributed by atoms with Crippen molar-refractivity contribution in [3.05, 3.63) is 18.1 Å². The molecule has 0 aliphatic carbocycles. The minimum atomic E-state index is -4.14. The van der Waals surface area contributed by atoms with Crippen LogP contribution in [0, 0.1) is 0 Å². The summed E-state index contributed by atoms with van der Waals surface area (Å²) in [6, 6.07) is 0. The summed E-state index contributed by atoms with van der Waals surface area (Å²) in [5.74, 6) is 0.251. The van der Waals surface area contributed by atoms with Gasteiger partial charge in [-0.1, -0.05) is 6.92 Å². The number of alkyl halides is 3. The zero-order chi connectivity index (χ0) is 14.1. The van der Waals surface area contributed by atoms with E-state index in [9.17, 15) is 13.2 Å². The lowest BCUT2D eigenvalue weighted by Gasteiger charge is -2.07. The van der Waals surface area contributed by atoms with Crippen molar-refractivity contribution in [2.75, 3.05) is 13.2 Å². The number of ether oxygens (including phenoxy) is 1. The zero-order valence-corrected chi connectivity index (χ0v) is 10.8. The summed E-state index contributed by atoms with van der Waals surface area (Å²) in [7, 11) is 0. The van der Waals surface area contributed by atoms with Gasteiger partial charge in [0, 0.05) is 13.0 Å². The van der Waals surface area contributed by atoms with Gasteiger partial charge in [-0.25, -0.2) is 4.98 Å². The van der Waals surface area contributed by atoms with Gasteiger partial charge < -0.3 is 10.1 Å². The smallest absolute Gasteiger partial charge is 0.389 e. The normalized spacial score (nSPS) is 11.6. The Morgan fingerprint density at radius 1 is 1.26 bits per heavy atom. The van der Waals surface area contributed by atoms with Crippen LogP contribution in [0.4, 0.5) is 13.2 Å². The average molecular weight is 277 g/mol. The van der Waals surface area contributed by atoms with Crippen molar-refractivity contribution in [1.29, 1.82) is 0 Å². The van der Waals surface area contributed by atoms with Gasteiger partial charge in [-0.3, -0.25) is 4.98 Å². The summed E-state index contributed by atoms with van der Waals surface area (Å²) in [4.78, 5) is 8.09. The maximum atomic E-state index is 11.9. The predicted molar refractivity (Wildman–Crippen MR) is 64.8 cm³/mol. The highest BCUT2D eigenvalue weighted by molar-refractivity contribution is 5.07. The topological polar surface area (TPSA) is 47.0 Å². The number of hydrogen-bond acceptors (Lipinski definition) is 4. The molecule has 0 saturated heterocycles. The van der Waals surface area contributed by atoms with E-state index in [0.717, 1.165) is 18.7 Å². The molecule has 0 atom stereocenters. The molecule has 0 aliphatic rings. The quantitative estimate of drug-likeness (QED) is 0.742. The molecule has 1 aromatic heterocycles. The molecule has 0 bridgehead atoms. The van der Waals surface area contributed by atoms with Crippen molar-refractivity contribution in [3.8, 4) is 5.88 Å². The van der Waals surface area contributed by atoms with Gasteiger partial charge in [0.1, 0.15) is 0 Å². The molecule has 0 radical (unpaired) electrons. The van der Waals surface area contributed by atoms with Crippen molar-refractivity contribution in [2.45, 2.75) is 38.9 Å². The van der Waals surface area contributed by atoms with Crippen LogP contribution in [0.15, 0.2) is 12.4 Å². The van der Waals surface area contributed by atoms with E-state index in [1.165, 1.54) is 6.20 Å². The Labute approximate surface area is 110 Å². The number of halogens is 3. The zero-order valence-electron chi connectivity index (χ0n) is 10.8. The fraction of sp³-hybridized carbons (Fsp3) is 0.667. The Bertz CT molecular complexity index is 354. The third-order valence-corrected chi connectivity index (χ3v) is 2.27. The van der Waals surface area contributed by atoms with Crippen LogP contribution in [-0.4, -0.2) is 29.3 Å². The molecule has 19 heavy (non-hydrogen) atoms. The Morgan fingerprint density at radius 3 is 2.63 bits per heavy atom. The second-order valence-electron chi connectivity index (χ2n) is 4.09. The van der Waals surface area contributed by atoms with Crippen LogP contribution in [0.25, 0.3) is 0 Å². The second-order valence-corrected chi connectivity index (χ2v) is 4.09. The molecule has 108 valence electrons. The highest BCUT2D eigenvalue weighted by Gasteiger charge is 2.26. The first kappa shape index (κ1) is 15.7. The van der Waals surface area contributed by atoms with Crippen LogP contribution in [0.1, 0.15) is 31.9 Å². The highest BCUT2D eigenvalue weighted by atomic mass is 19.4. The van der Waals surface area contributed by atoms with Gasteiger partial charge in [0.05, 0.1) is 24.7 Å². The minimum Gasteiger partial charge on any atom is -0.477 e. The summed E-state index contributed by atoms with van der Waals surface area (Å²) in [6.07, 6.45) is -1.04. The molecule has 4 nitrogen and oxygen atoms in total. The Morgan fingerprint density at radius 2 is 2.05 bits per heavy atom. The SMILES string of the molecule is CCCNCc1cnc(OCCCC(F)(F)F)cn1. The standard InChI is InChI=1S/C12H18F3N3O/c1-2-5-16-7-10-8-18-11(9-17-10)19-6-3-4-12(13,14)15/h8-9,16H,2-7H2,1H3. The monoisotopic (exact) mass is 277 g/mol. The summed E-state index contributed by atoms with van der Waals surface area (Å²) in [5.41, 5.74) is 0.774. The fourth-order valence-electron chi connectivity index (χ4n) is 1.35. The molecular formula is C12H18F3N3O. The molecule has 0 fully saturated rings. The molecule has 0 aliphatic heterocycles. The number of hydrogen-bond donors (Lipinski definition) is 1. The van der Waals surface area contributed by atoms with Gasteiger partial charge in [0.2, 0.25) is 5.88 Å². The lowest BCUT2D eigenvalue weighted by molar-refractivity contribution is -0.136. The van der Waals surface area contributed by atoms with Crippen molar-refractivity contribution in [1.82, 2.24) is 15.3 Å². The fourth-order valence-corrected chi connectivity index (χ4v) is 1.35. The third kappa shape index (κ3) is 7.61. The average Bonchev–Trinajstić information content (AvgIpc) is 2.36. The largest absolute Gasteiger partial charge is 0.477 e. The number of nitrogens with one attached hydrogen (secondary N) is 1. The molecule has 0 saturated carbocycles. The molecule has 1 N–H and O–H groups in total. The first-order valence-corrected chi connectivity index (χ1v) is 6.22. The van der Waals surface area contributed by atoms with Gasteiger partial charge in [-0.15, -0.1) is 0 Å². The maximum absolute atomic E-state index is 11.9. The molecular weight excluding hydrogens is 259 g/mol. The van der Waals surface area contributed by atoms with Crippen molar-refractivity contribution < 1.29 is 17.9 Å². The summed E-state index contributed by atoms with van der Waals surface area (Å²) in [5, 5.41) is 3.17. The second kappa shape index (κ2) is 7.93. The summed E-state index contributed by atoms with van der Waals surface area (Å²) < 4.78 is 40.8. The first-order valence-electron chi connectivity index (χ1n) is 6.22. The van der Waals surface area contributed by atoms with Crippen LogP contribution >= 0.6 is 0 Å². The number of nitrogens with zero attached hydrogens (tertiary/aromatic N) is 2. The molecule has 0 amide bonds. The maximum Gasteiger partial charge on any atom is 0.389 e. The van der Waals surface area contributed by atoms with Crippen molar-refractivity contribution in [2.24, 2.45) is 0 Å². The number of aromatic nitrogens is 2. The van der Waals surface area contributed by atoms with E-state index >= 15 is 0 Å². The van der Waals surface area contributed by atoms with Gasteiger partial charge >= 0.3 is 6.18 Å². The first-order chi connectivity index (χ1) is 9.01. The van der Waals surface area contributed by atoms with Gasteiger partial charge in [-0.05, 0) is 19.4 Å². The molecule has 7 heteroatoms. The van der Waals surface area contributed by atoms with E-state index < -0.39 is 12.6 Å². The van der Waals surface area contributed by atoms with Crippen molar-refractivity contribution >= 4 is 0 Å².